The quantitative estimate of drug-likeness (QED) is 0.308. The van der Waals surface area contributed by atoms with Gasteiger partial charge in [0.2, 0.25) is 0 Å². The summed E-state index contributed by atoms with van der Waals surface area (Å²) < 4.78 is 0. The van der Waals surface area contributed by atoms with Crippen LogP contribution in [0.4, 0.5) is 10.5 Å². The lowest BCUT2D eigenvalue weighted by molar-refractivity contribution is 0.164. The largest absolute Gasteiger partial charge is 0.337 e. The summed E-state index contributed by atoms with van der Waals surface area (Å²) in [5.74, 6) is 0.666. The zero-order valence-electron chi connectivity index (χ0n) is 21.8. The van der Waals surface area contributed by atoms with E-state index < -0.39 is 0 Å². The molecule has 6 aromatic rings. The number of para-hydroxylation sites is 1. The summed E-state index contributed by atoms with van der Waals surface area (Å²) in [7, 11) is 2.06. The molecule has 1 aliphatic rings. The Bertz CT molecular complexity index is 1840. The number of nitrogens with one attached hydrogen (secondary N) is 3. The van der Waals surface area contributed by atoms with Crippen LogP contribution in [0.2, 0.25) is 0 Å². The zero-order chi connectivity index (χ0) is 27.1. The van der Waals surface area contributed by atoms with Crippen molar-refractivity contribution in [2.24, 2.45) is 0 Å². The van der Waals surface area contributed by atoms with Gasteiger partial charge in [0, 0.05) is 73.2 Å². The third-order valence-corrected chi connectivity index (χ3v) is 7.24. The van der Waals surface area contributed by atoms with E-state index in [-0.39, 0.29) is 6.03 Å². The molecule has 1 aromatic carbocycles. The second-order valence-corrected chi connectivity index (χ2v) is 9.91. The van der Waals surface area contributed by atoms with E-state index in [0.29, 0.717) is 30.2 Å². The molecule has 6 heterocycles. The van der Waals surface area contributed by atoms with Crippen LogP contribution < -0.4 is 5.32 Å². The number of likely N-dealkylation sites (N-methyl/N-ethyl adjacent to an activating group) is 1. The number of carbonyl (C=O) groups excluding carboxylic acids is 1. The number of carbonyl (C=O) groups is 1. The Balaban J connectivity index is 1.20. The molecule has 11 nitrogen and oxygen atoms in total. The highest BCUT2D eigenvalue weighted by Gasteiger charge is 2.20. The number of urea groups is 1. The van der Waals surface area contributed by atoms with Crippen molar-refractivity contribution < 1.29 is 4.79 Å². The van der Waals surface area contributed by atoms with Gasteiger partial charge in [-0.25, -0.2) is 14.8 Å². The predicted octanol–water partition coefficient (Wildman–Crippen LogP) is 4.40. The van der Waals surface area contributed by atoms with Crippen LogP contribution in [0.15, 0.2) is 73.4 Å². The lowest BCUT2D eigenvalue weighted by atomic mass is 10.1. The van der Waals surface area contributed by atoms with Crippen LogP contribution in [0.25, 0.3) is 55.8 Å². The fraction of sp³-hybridized carbons (Fsp3) is 0.172. The number of imidazole rings is 1. The first-order valence-corrected chi connectivity index (χ1v) is 13.1. The summed E-state index contributed by atoms with van der Waals surface area (Å²) in [4.78, 5) is 38.4. The van der Waals surface area contributed by atoms with Gasteiger partial charge in [-0.15, -0.1) is 0 Å². The zero-order valence-corrected chi connectivity index (χ0v) is 21.8. The molecule has 0 unspecified atom stereocenters. The highest BCUT2D eigenvalue weighted by atomic mass is 16.2. The number of piperazine rings is 1. The van der Waals surface area contributed by atoms with Crippen molar-refractivity contribution in [3.05, 3.63) is 73.4 Å². The summed E-state index contributed by atoms with van der Waals surface area (Å²) in [5, 5.41) is 11.3. The molecule has 0 bridgehead atoms. The molecule has 40 heavy (non-hydrogen) atoms. The predicted molar refractivity (Wildman–Crippen MR) is 154 cm³/mol. The Kier molecular flexibility index (Phi) is 5.90. The van der Waals surface area contributed by atoms with Gasteiger partial charge in [0.25, 0.3) is 0 Å². The molecule has 1 aliphatic heterocycles. The van der Waals surface area contributed by atoms with Crippen molar-refractivity contribution in [1.29, 1.82) is 0 Å². The van der Waals surface area contributed by atoms with E-state index in [0.717, 1.165) is 57.5 Å². The van der Waals surface area contributed by atoms with Crippen LogP contribution >= 0.6 is 0 Å². The van der Waals surface area contributed by atoms with Crippen molar-refractivity contribution in [2.75, 3.05) is 38.5 Å². The molecule has 2 amide bonds. The number of aromatic amines is 2. The number of benzene rings is 1. The van der Waals surface area contributed by atoms with Crippen molar-refractivity contribution in [3.8, 4) is 33.8 Å². The van der Waals surface area contributed by atoms with Crippen LogP contribution in [0.1, 0.15) is 0 Å². The van der Waals surface area contributed by atoms with Crippen molar-refractivity contribution in [2.45, 2.75) is 0 Å². The number of fused-ring (bicyclic) bond motifs is 2. The normalized spacial score (nSPS) is 14.2. The first kappa shape index (κ1) is 23.9. The standard InChI is InChI=1S/C29H26N10O/c1-38-8-10-39(11-9-38)29(40)33-21-12-19(15-31-17-21)20-13-23-26(36-37-27(23)32-16-20)28-34-24-6-2-5-22(25(24)35-28)18-4-3-7-30-14-18/h2-7,12-17H,8-11H2,1H3,(H,33,40)(H,34,35)(H,32,36,37). The first-order chi connectivity index (χ1) is 19.6. The molecule has 0 aliphatic carbocycles. The summed E-state index contributed by atoms with van der Waals surface area (Å²) in [6.07, 6.45) is 8.76. The van der Waals surface area contributed by atoms with E-state index in [1.54, 1.807) is 24.8 Å². The van der Waals surface area contributed by atoms with E-state index in [2.05, 4.69) is 47.4 Å². The minimum atomic E-state index is -0.117. The first-order valence-electron chi connectivity index (χ1n) is 13.1. The van der Waals surface area contributed by atoms with E-state index in [9.17, 15) is 4.79 Å². The highest BCUT2D eigenvalue weighted by Crippen LogP contribution is 2.32. The number of aromatic nitrogens is 7. The minimum Gasteiger partial charge on any atom is -0.337 e. The molecular formula is C29H26N10O. The highest BCUT2D eigenvalue weighted by molar-refractivity contribution is 5.97. The molecule has 0 saturated carbocycles. The maximum atomic E-state index is 12.8. The Labute approximate surface area is 229 Å². The van der Waals surface area contributed by atoms with E-state index in [1.807, 2.05) is 53.6 Å². The SMILES string of the molecule is CN1CCN(C(=O)Nc2cncc(-c3cnc4n[nH]c(-c5nc6c(-c7cccnc7)cccc6[nH]5)c4c3)c2)CC1. The topological polar surface area (TPSA) is 132 Å². The smallest absolute Gasteiger partial charge is 0.321 e. The number of pyridine rings is 3. The monoisotopic (exact) mass is 530 g/mol. The average Bonchev–Trinajstić information content (AvgIpc) is 3.62. The Morgan fingerprint density at radius 1 is 0.925 bits per heavy atom. The van der Waals surface area contributed by atoms with Crippen LogP contribution in [-0.2, 0) is 0 Å². The molecule has 7 rings (SSSR count). The number of nitrogens with zero attached hydrogens (tertiary/aromatic N) is 7. The molecule has 3 N–H and O–H groups in total. The second-order valence-electron chi connectivity index (χ2n) is 9.91. The maximum Gasteiger partial charge on any atom is 0.321 e. The molecule has 198 valence electrons. The van der Waals surface area contributed by atoms with Crippen LogP contribution in [-0.4, -0.2) is 84.2 Å². The molecule has 0 atom stereocenters. The van der Waals surface area contributed by atoms with Crippen molar-refractivity contribution in [3.63, 3.8) is 0 Å². The van der Waals surface area contributed by atoms with Gasteiger partial charge in [-0.3, -0.25) is 15.1 Å². The van der Waals surface area contributed by atoms with Gasteiger partial charge < -0.3 is 20.1 Å². The van der Waals surface area contributed by atoms with Crippen LogP contribution in [0.5, 0.6) is 0 Å². The molecule has 5 aromatic heterocycles. The average molecular weight is 531 g/mol. The van der Waals surface area contributed by atoms with Gasteiger partial charge in [0.05, 0.1) is 28.3 Å². The summed E-state index contributed by atoms with van der Waals surface area (Å²) >= 11 is 0. The van der Waals surface area contributed by atoms with Crippen LogP contribution in [0, 0.1) is 0 Å². The van der Waals surface area contributed by atoms with Gasteiger partial charge >= 0.3 is 6.03 Å². The summed E-state index contributed by atoms with van der Waals surface area (Å²) in [6, 6.07) is 13.8. The molecule has 0 spiro atoms. The third kappa shape index (κ3) is 4.41. The molecular weight excluding hydrogens is 504 g/mol. The molecule has 0 radical (unpaired) electrons. The molecule has 1 fully saturated rings. The number of rotatable bonds is 4. The lowest BCUT2D eigenvalue weighted by Crippen LogP contribution is -2.48. The second kappa shape index (κ2) is 9.86. The van der Waals surface area contributed by atoms with Gasteiger partial charge in [0.1, 0.15) is 5.69 Å². The fourth-order valence-corrected chi connectivity index (χ4v) is 5.02. The molecule has 11 heteroatoms. The fourth-order valence-electron chi connectivity index (χ4n) is 5.02. The Morgan fingerprint density at radius 3 is 2.62 bits per heavy atom. The maximum absolute atomic E-state index is 12.8. The van der Waals surface area contributed by atoms with Crippen molar-refractivity contribution in [1.82, 2.24) is 44.9 Å². The van der Waals surface area contributed by atoms with Gasteiger partial charge in [0.15, 0.2) is 11.5 Å². The van der Waals surface area contributed by atoms with Gasteiger partial charge in [-0.05, 0) is 31.3 Å². The van der Waals surface area contributed by atoms with E-state index >= 15 is 0 Å². The summed E-state index contributed by atoms with van der Waals surface area (Å²) in [6.45, 7) is 3.12. The number of anilines is 1. The minimum absolute atomic E-state index is 0.117. The lowest BCUT2D eigenvalue weighted by Gasteiger charge is -2.32. The van der Waals surface area contributed by atoms with Gasteiger partial charge in [-0.2, -0.15) is 5.10 Å². The van der Waals surface area contributed by atoms with Gasteiger partial charge in [-0.1, -0.05) is 18.2 Å². The number of H-pyrrole nitrogens is 2. The van der Waals surface area contributed by atoms with E-state index in [4.69, 9.17) is 4.98 Å². The van der Waals surface area contributed by atoms with E-state index in [1.165, 1.54) is 0 Å². The Hall–Kier alpha value is -5.16. The molecule has 1 saturated heterocycles. The van der Waals surface area contributed by atoms with Crippen molar-refractivity contribution >= 4 is 33.8 Å². The number of hydrogen-bond acceptors (Lipinski definition) is 7. The Morgan fingerprint density at radius 2 is 1.77 bits per heavy atom. The van der Waals surface area contributed by atoms with Crippen LogP contribution in [0.3, 0.4) is 0 Å². The third-order valence-electron chi connectivity index (χ3n) is 7.24. The number of amides is 2. The summed E-state index contributed by atoms with van der Waals surface area (Å²) in [5.41, 5.74) is 7.40. The number of hydrogen-bond donors (Lipinski definition) is 3.